The van der Waals surface area contributed by atoms with Gasteiger partial charge in [-0.25, -0.2) is 9.59 Å². The van der Waals surface area contributed by atoms with Gasteiger partial charge in [-0.05, 0) is 69.9 Å². The van der Waals surface area contributed by atoms with Crippen LogP contribution >= 0.6 is 11.6 Å². The molecule has 0 aliphatic carbocycles. The van der Waals surface area contributed by atoms with E-state index in [1.54, 1.807) is 15.2 Å². The SMILES string of the molecule is CCn1c(=O)n(CC)c2cc(N3CCCCC3)c(NC(=O)Nc3ccc(C)cc3Cl)cc21. The Hall–Kier alpha value is -2.93. The van der Waals surface area contributed by atoms with Crippen molar-refractivity contribution in [3.8, 4) is 0 Å². The molecule has 1 aliphatic heterocycles. The molecule has 0 spiro atoms. The molecule has 2 N–H and O–H groups in total. The molecule has 3 aromatic rings. The van der Waals surface area contributed by atoms with Crippen molar-refractivity contribution in [1.82, 2.24) is 9.13 Å². The van der Waals surface area contributed by atoms with E-state index in [1.807, 2.05) is 45.0 Å². The standard InChI is InChI=1S/C24H30ClN5O2/c1-4-29-21-14-19(27-23(31)26-18-10-9-16(3)13-17(18)25)20(28-11-7-6-8-12-28)15-22(21)30(5-2)24(29)32/h9-10,13-15H,4-8,11-12H2,1-3H3,(H2,26,27,31). The van der Waals surface area contributed by atoms with Crippen LogP contribution < -0.4 is 21.2 Å². The molecular formula is C24H30ClN5O2. The molecule has 4 rings (SSSR count). The van der Waals surface area contributed by atoms with Gasteiger partial charge in [0.05, 0.1) is 33.1 Å². The highest BCUT2D eigenvalue weighted by Crippen LogP contribution is 2.33. The molecule has 32 heavy (non-hydrogen) atoms. The molecule has 0 saturated carbocycles. The fourth-order valence-corrected chi connectivity index (χ4v) is 4.74. The van der Waals surface area contributed by atoms with Gasteiger partial charge in [-0.2, -0.15) is 0 Å². The number of rotatable bonds is 5. The number of aryl methyl sites for hydroxylation is 3. The molecule has 1 saturated heterocycles. The zero-order chi connectivity index (χ0) is 22.8. The van der Waals surface area contributed by atoms with Crippen LogP contribution in [-0.2, 0) is 13.1 Å². The molecule has 2 aromatic carbocycles. The first kappa shape index (κ1) is 22.3. The van der Waals surface area contributed by atoms with Crippen molar-refractivity contribution < 1.29 is 4.79 Å². The van der Waals surface area contributed by atoms with Crippen molar-refractivity contribution in [3.05, 3.63) is 51.4 Å². The number of anilines is 3. The first-order valence-electron chi connectivity index (χ1n) is 11.3. The number of hydrogen-bond acceptors (Lipinski definition) is 3. The minimum Gasteiger partial charge on any atom is -0.370 e. The normalized spacial score (nSPS) is 14.1. The van der Waals surface area contributed by atoms with Gasteiger partial charge in [-0.15, -0.1) is 0 Å². The van der Waals surface area contributed by atoms with Gasteiger partial charge >= 0.3 is 11.7 Å². The van der Waals surface area contributed by atoms with Crippen LogP contribution in [0.2, 0.25) is 5.02 Å². The predicted molar refractivity (Wildman–Crippen MR) is 132 cm³/mol. The monoisotopic (exact) mass is 455 g/mol. The Morgan fingerprint density at radius 2 is 1.56 bits per heavy atom. The van der Waals surface area contributed by atoms with Crippen LogP contribution in [0.25, 0.3) is 11.0 Å². The van der Waals surface area contributed by atoms with Crippen LogP contribution in [0.4, 0.5) is 21.9 Å². The maximum Gasteiger partial charge on any atom is 0.329 e. The number of nitrogens with zero attached hydrogens (tertiary/aromatic N) is 3. The summed E-state index contributed by atoms with van der Waals surface area (Å²) >= 11 is 6.29. The number of aromatic nitrogens is 2. The first-order valence-corrected chi connectivity index (χ1v) is 11.7. The lowest BCUT2D eigenvalue weighted by atomic mass is 10.1. The van der Waals surface area contributed by atoms with Gasteiger partial charge in [0.2, 0.25) is 0 Å². The Morgan fingerprint density at radius 3 is 2.19 bits per heavy atom. The van der Waals surface area contributed by atoms with Crippen molar-refractivity contribution in [2.24, 2.45) is 0 Å². The zero-order valence-corrected chi connectivity index (χ0v) is 19.6. The maximum atomic E-state index is 12.9. The third kappa shape index (κ3) is 4.21. The van der Waals surface area contributed by atoms with E-state index < -0.39 is 0 Å². The summed E-state index contributed by atoms with van der Waals surface area (Å²) in [6, 6.07) is 9.12. The smallest absolute Gasteiger partial charge is 0.329 e. The summed E-state index contributed by atoms with van der Waals surface area (Å²) in [4.78, 5) is 28.1. The minimum absolute atomic E-state index is 0.0253. The number of imidazole rings is 1. The lowest BCUT2D eigenvalue weighted by molar-refractivity contribution is 0.262. The molecule has 1 fully saturated rings. The fourth-order valence-electron chi connectivity index (χ4n) is 4.46. The zero-order valence-electron chi connectivity index (χ0n) is 18.9. The van der Waals surface area contributed by atoms with Crippen LogP contribution in [-0.4, -0.2) is 28.3 Å². The van der Waals surface area contributed by atoms with Crippen LogP contribution in [0.5, 0.6) is 0 Å². The van der Waals surface area contributed by atoms with Gasteiger partial charge in [0.15, 0.2) is 0 Å². The highest BCUT2D eigenvalue weighted by atomic mass is 35.5. The fraction of sp³-hybridized carbons (Fsp3) is 0.417. The van der Waals surface area contributed by atoms with Crippen molar-refractivity contribution in [2.45, 2.75) is 53.1 Å². The number of halogens is 1. The van der Waals surface area contributed by atoms with E-state index >= 15 is 0 Å². The van der Waals surface area contributed by atoms with E-state index in [0.29, 0.717) is 29.5 Å². The molecule has 170 valence electrons. The van der Waals surface area contributed by atoms with E-state index in [0.717, 1.165) is 48.2 Å². The van der Waals surface area contributed by atoms with E-state index in [9.17, 15) is 9.59 Å². The van der Waals surface area contributed by atoms with Crippen LogP contribution in [0.15, 0.2) is 35.1 Å². The number of benzene rings is 2. The molecule has 0 bridgehead atoms. The lowest BCUT2D eigenvalue weighted by Gasteiger charge is -2.31. The molecule has 2 heterocycles. The van der Waals surface area contributed by atoms with E-state index in [-0.39, 0.29) is 11.7 Å². The van der Waals surface area contributed by atoms with Crippen molar-refractivity contribution in [1.29, 1.82) is 0 Å². The second-order valence-electron chi connectivity index (χ2n) is 8.24. The topological polar surface area (TPSA) is 71.3 Å². The summed E-state index contributed by atoms with van der Waals surface area (Å²) in [5, 5.41) is 6.35. The van der Waals surface area contributed by atoms with Crippen molar-refractivity contribution >= 4 is 45.7 Å². The van der Waals surface area contributed by atoms with Crippen LogP contribution in [0, 0.1) is 6.92 Å². The summed E-state index contributed by atoms with van der Waals surface area (Å²) in [7, 11) is 0. The largest absolute Gasteiger partial charge is 0.370 e. The second kappa shape index (κ2) is 9.28. The molecule has 8 heteroatoms. The number of amides is 2. The summed E-state index contributed by atoms with van der Waals surface area (Å²) in [6.07, 6.45) is 3.43. The molecule has 0 unspecified atom stereocenters. The third-order valence-electron chi connectivity index (χ3n) is 6.09. The maximum absolute atomic E-state index is 12.9. The third-order valence-corrected chi connectivity index (χ3v) is 6.40. The quantitative estimate of drug-likeness (QED) is 0.538. The highest BCUT2D eigenvalue weighted by molar-refractivity contribution is 6.33. The summed E-state index contributed by atoms with van der Waals surface area (Å²) in [6.45, 7) is 8.90. The predicted octanol–water partition coefficient (Wildman–Crippen LogP) is 5.44. The summed E-state index contributed by atoms with van der Waals surface area (Å²) in [5.41, 5.74) is 4.90. The Bertz CT molecular complexity index is 1210. The van der Waals surface area contributed by atoms with Gasteiger partial charge < -0.3 is 15.5 Å². The Labute approximate surface area is 193 Å². The lowest BCUT2D eigenvalue weighted by Crippen LogP contribution is -2.31. The molecule has 2 amide bonds. The molecule has 1 aliphatic rings. The van der Waals surface area contributed by atoms with Gasteiger partial charge in [0.1, 0.15) is 0 Å². The molecule has 7 nitrogen and oxygen atoms in total. The average molecular weight is 456 g/mol. The average Bonchev–Trinajstić information content (AvgIpc) is 3.05. The van der Waals surface area contributed by atoms with Gasteiger partial charge in [0, 0.05) is 26.2 Å². The number of nitrogens with one attached hydrogen (secondary N) is 2. The Morgan fingerprint density at radius 1 is 0.938 bits per heavy atom. The summed E-state index contributed by atoms with van der Waals surface area (Å²) < 4.78 is 3.54. The molecule has 1 aromatic heterocycles. The molecule has 0 radical (unpaired) electrons. The van der Waals surface area contributed by atoms with E-state index in [1.165, 1.54) is 6.42 Å². The Kier molecular flexibility index (Phi) is 6.46. The summed E-state index contributed by atoms with van der Waals surface area (Å²) in [5.74, 6) is 0. The minimum atomic E-state index is -0.367. The molecule has 0 atom stereocenters. The number of fused-ring (bicyclic) bond motifs is 1. The van der Waals surface area contributed by atoms with Gasteiger partial charge in [-0.1, -0.05) is 17.7 Å². The van der Waals surface area contributed by atoms with Crippen molar-refractivity contribution in [3.63, 3.8) is 0 Å². The highest BCUT2D eigenvalue weighted by Gasteiger charge is 2.21. The van der Waals surface area contributed by atoms with Crippen LogP contribution in [0.1, 0.15) is 38.7 Å². The van der Waals surface area contributed by atoms with E-state index in [2.05, 4.69) is 15.5 Å². The number of piperidine rings is 1. The van der Waals surface area contributed by atoms with Crippen LogP contribution in [0.3, 0.4) is 0 Å². The number of carbonyl (C=O) groups excluding carboxylic acids is 1. The Balaban J connectivity index is 1.75. The van der Waals surface area contributed by atoms with E-state index in [4.69, 9.17) is 11.6 Å². The van der Waals surface area contributed by atoms with Gasteiger partial charge in [-0.3, -0.25) is 9.13 Å². The first-order chi connectivity index (χ1) is 15.4. The number of hydrogen-bond donors (Lipinski definition) is 2. The number of urea groups is 1. The second-order valence-corrected chi connectivity index (χ2v) is 8.65. The number of carbonyl (C=O) groups is 1. The van der Waals surface area contributed by atoms with Gasteiger partial charge in [0.25, 0.3) is 0 Å². The van der Waals surface area contributed by atoms with Crippen molar-refractivity contribution in [2.75, 3.05) is 28.6 Å². The molecular weight excluding hydrogens is 426 g/mol.